The molecule has 1 atom stereocenters. The zero-order valence-corrected chi connectivity index (χ0v) is 11.1. The highest BCUT2D eigenvalue weighted by atomic mass is 35.5. The van der Waals surface area contributed by atoms with Gasteiger partial charge in [0.15, 0.2) is 0 Å². The Kier molecular flexibility index (Phi) is 4.35. The van der Waals surface area contributed by atoms with Gasteiger partial charge >= 0.3 is 0 Å². The largest absolute Gasteiger partial charge is 0.394 e. The second-order valence-electron chi connectivity index (χ2n) is 4.43. The fourth-order valence-corrected chi connectivity index (χ4v) is 1.66. The van der Waals surface area contributed by atoms with Crippen LogP contribution in [-0.2, 0) is 6.54 Å². The van der Waals surface area contributed by atoms with Gasteiger partial charge in [0.05, 0.1) is 23.0 Å². The SMILES string of the molecule is CNC(C)(CO)CCn1nc(C)c(Cl)c1C. The lowest BCUT2D eigenvalue weighted by Gasteiger charge is -2.26. The maximum Gasteiger partial charge on any atom is 0.0844 e. The standard InChI is InChI=1S/C11H20ClN3O/c1-8-10(12)9(2)15(14-8)6-5-11(3,7-16)13-4/h13,16H,5-7H2,1-4H3. The van der Waals surface area contributed by atoms with E-state index in [1.54, 1.807) is 0 Å². The van der Waals surface area contributed by atoms with E-state index >= 15 is 0 Å². The van der Waals surface area contributed by atoms with Crippen LogP contribution >= 0.6 is 11.6 Å². The normalized spacial score (nSPS) is 15.1. The minimum absolute atomic E-state index is 0.108. The fraction of sp³-hybridized carbons (Fsp3) is 0.727. The van der Waals surface area contributed by atoms with Gasteiger partial charge in [-0.15, -0.1) is 0 Å². The fourth-order valence-electron chi connectivity index (χ4n) is 1.53. The first-order valence-corrected chi connectivity index (χ1v) is 5.80. The number of likely N-dealkylation sites (N-methyl/N-ethyl adjacent to an activating group) is 1. The van der Waals surface area contributed by atoms with Crippen molar-refractivity contribution < 1.29 is 5.11 Å². The van der Waals surface area contributed by atoms with Crippen LogP contribution in [0.15, 0.2) is 0 Å². The van der Waals surface area contributed by atoms with Gasteiger partial charge in [0.1, 0.15) is 0 Å². The molecule has 0 aliphatic rings. The molecule has 0 aliphatic heterocycles. The summed E-state index contributed by atoms with van der Waals surface area (Å²) in [6.45, 7) is 6.70. The first-order valence-electron chi connectivity index (χ1n) is 5.43. The number of nitrogens with one attached hydrogen (secondary N) is 1. The minimum Gasteiger partial charge on any atom is -0.394 e. The molecule has 0 spiro atoms. The molecule has 0 saturated heterocycles. The van der Waals surface area contributed by atoms with Gasteiger partial charge in [-0.05, 0) is 34.2 Å². The molecule has 1 aromatic heterocycles. The van der Waals surface area contributed by atoms with E-state index < -0.39 is 0 Å². The van der Waals surface area contributed by atoms with E-state index in [2.05, 4.69) is 10.4 Å². The number of rotatable bonds is 5. The summed E-state index contributed by atoms with van der Waals surface area (Å²) in [6, 6.07) is 0. The number of aliphatic hydroxyl groups is 1. The summed E-state index contributed by atoms with van der Waals surface area (Å²) in [7, 11) is 1.85. The molecule has 92 valence electrons. The number of halogens is 1. The molecule has 5 heteroatoms. The van der Waals surface area contributed by atoms with Gasteiger partial charge in [0.25, 0.3) is 0 Å². The number of hydrogen-bond acceptors (Lipinski definition) is 3. The van der Waals surface area contributed by atoms with Crippen molar-refractivity contribution in [2.45, 2.75) is 39.3 Å². The molecule has 0 fully saturated rings. The lowest BCUT2D eigenvalue weighted by Crippen LogP contribution is -2.44. The van der Waals surface area contributed by atoms with Gasteiger partial charge in [-0.1, -0.05) is 11.6 Å². The van der Waals surface area contributed by atoms with Crippen molar-refractivity contribution in [3.63, 3.8) is 0 Å². The third-order valence-electron chi connectivity index (χ3n) is 3.12. The number of aromatic nitrogens is 2. The molecule has 0 radical (unpaired) electrons. The van der Waals surface area contributed by atoms with Crippen LogP contribution in [0.4, 0.5) is 0 Å². The predicted octanol–water partition coefficient (Wildman–Crippen LogP) is 1.51. The first kappa shape index (κ1) is 13.5. The molecule has 16 heavy (non-hydrogen) atoms. The second-order valence-corrected chi connectivity index (χ2v) is 4.80. The van der Waals surface area contributed by atoms with Crippen LogP contribution < -0.4 is 5.32 Å². The average Bonchev–Trinajstić information content (AvgIpc) is 2.54. The van der Waals surface area contributed by atoms with Crippen molar-refractivity contribution in [2.75, 3.05) is 13.7 Å². The predicted molar refractivity (Wildman–Crippen MR) is 65.9 cm³/mol. The van der Waals surface area contributed by atoms with Crippen LogP contribution in [0.25, 0.3) is 0 Å². The molecule has 0 aromatic carbocycles. The summed E-state index contributed by atoms with van der Waals surface area (Å²) in [6.07, 6.45) is 0.804. The van der Waals surface area contributed by atoms with Crippen LogP contribution in [0.1, 0.15) is 24.7 Å². The van der Waals surface area contributed by atoms with Crippen molar-refractivity contribution >= 4 is 11.6 Å². The van der Waals surface area contributed by atoms with Crippen molar-refractivity contribution in [3.05, 3.63) is 16.4 Å². The molecule has 0 amide bonds. The van der Waals surface area contributed by atoms with Gasteiger partial charge in [-0.25, -0.2) is 0 Å². The number of nitrogens with zero attached hydrogens (tertiary/aromatic N) is 2. The lowest BCUT2D eigenvalue weighted by atomic mass is 9.99. The molecular weight excluding hydrogens is 226 g/mol. The topological polar surface area (TPSA) is 50.1 Å². The van der Waals surface area contributed by atoms with Gasteiger partial charge in [-0.2, -0.15) is 5.10 Å². The van der Waals surface area contributed by atoms with Crippen molar-refractivity contribution in [1.29, 1.82) is 0 Å². The lowest BCUT2D eigenvalue weighted by molar-refractivity contribution is 0.167. The third-order valence-corrected chi connectivity index (χ3v) is 3.67. The molecule has 2 N–H and O–H groups in total. The van der Waals surface area contributed by atoms with E-state index in [1.807, 2.05) is 32.5 Å². The highest BCUT2D eigenvalue weighted by molar-refractivity contribution is 6.31. The highest BCUT2D eigenvalue weighted by Gasteiger charge is 2.21. The summed E-state index contributed by atoms with van der Waals surface area (Å²) in [5.41, 5.74) is 1.57. The Morgan fingerprint density at radius 3 is 2.50 bits per heavy atom. The Labute approximate surface area is 102 Å². The van der Waals surface area contributed by atoms with Gasteiger partial charge in [0.2, 0.25) is 0 Å². The number of hydrogen-bond donors (Lipinski definition) is 2. The van der Waals surface area contributed by atoms with E-state index in [0.717, 1.165) is 29.4 Å². The Morgan fingerprint density at radius 2 is 2.12 bits per heavy atom. The summed E-state index contributed by atoms with van der Waals surface area (Å²) >= 11 is 6.07. The molecular formula is C11H20ClN3O. The molecule has 0 saturated carbocycles. The monoisotopic (exact) mass is 245 g/mol. The maximum atomic E-state index is 9.27. The smallest absolute Gasteiger partial charge is 0.0844 e. The summed E-state index contributed by atoms with van der Waals surface area (Å²) in [5, 5.41) is 17.5. The van der Waals surface area contributed by atoms with Gasteiger partial charge in [0, 0.05) is 12.1 Å². The quantitative estimate of drug-likeness (QED) is 0.827. The molecule has 1 heterocycles. The van der Waals surface area contributed by atoms with Crippen LogP contribution in [0.5, 0.6) is 0 Å². The van der Waals surface area contributed by atoms with Crippen LogP contribution in [0, 0.1) is 13.8 Å². The van der Waals surface area contributed by atoms with Crippen molar-refractivity contribution in [2.24, 2.45) is 0 Å². The molecule has 1 unspecified atom stereocenters. The van der Waals surface area contributed by atoms with Crippen LogP contribution in [0.2, 0.25) is 5.02 Å². The van der Waals surface area contributed by atoms with Crippen molar-refractivity contribution in [3.8, 4) is 0 Å². The van der Waals surface area contributed by atoms with E-state index in [1.165, 1.54) is 0 Å². The number of aryl methyl sites for hydroxylation is 2. The Hall–Kier alpha value is -0.580. The minimum atomic E-state index is -0.265. The second kappa shape index (κ2) is 5.17. The highest BCUT2D eigenvalue weighted by Crippen LogP contribution is 2.20. The Morgan fingerprint density at radius 1 is 1.50 bits per heavy atom. The summed E-state index contributed by atoms with van der Waals surface area (Å²) in [5.74, 6) is 0. The zero-order chi connectivity index (χ0) is 12.3. The van der Waals surface area contributed by atoms with Gasteiger partial charge in [-0.3, -0.25) is 4.68 Å². The van der Waals surface area contributed by atoms with E-state index in [9.17, 15) is 5.11 Å². The summed E-state index contributed by atoms with van der Waals surface area (Å²) < 4.78 is 1.89. The Bertz CT molecular complexity index is 358. The average molecular weight is 246 g/mol. The van der Waals surface area contributed by atoms with E-state index in [0.29, 0.717) is 0 Å². The van der Waals surface area contributed by atoms with Gasteiger partial charge < -0.3 is 10.4 Å². The molecule has 1 aromatic rings. The number of aliphatic hydroxyl groups excluding tert-OH is 1. The molecule has 0 aliphatic carbocycles. The molecule has 1 rings (SSSR count). The van der Waals surface area contributed by atoms with E-state index in [4.69, 9.17) is 11.6 Å². The maximum absolute atomic E-state index is 9.27. The van der Waals surface area contributed by atoms with Crippen molar-refractivity contribution in [1.82, 2.24) is 15.1 Å². The summed E-state index contributed by atoms with van der Waals surface area (Å²) in [4.78, 5) is 0. The molecule has 0 bridgehead atoms. The molecule has 4 nitrogen and oxygen atoms in total. The van der Waals surface area contributed by atoms with E-state index in [-0.39, 0.29) is 12.1 Å². The third kappa shape index (κ3) is 2.75. The first-order chi connectivity index (χ1) is 7.43. The zero-order valence-electron chi connectivity index (χ0n) is 10.3. The Balaban J connectivity index is 2.71. The van der Waals surface area contributed by atoms with Crippen LogP contribution in [0.3, 0.4) is 0 Å². The van der Waals surface area contributed by atoms with Crippen LogP contribution in [-0.4, -0.2) is 34.1 Å².